The number of hydrogen-bond acceptors (Lipinski definition) is 5. The van der Waals surface area contributed by atoms with Gasteiger partial charge in [-0.05, 0) is 0 Å². The molecule has 0 aromatic rings. The normalized spacial score (nSPS) is 11.1. The maximum absolute atomic E-state index is 9.15. The smallest absolute Gasteiger partial charge is 0.311 e. The maximum Gasteiger partial charge on any atom is 0.424 e. The number of hydrogen-bond donors (Lipinski definition) is 0. The molecular formula is Cl2O5. The van der Waals surface area contributed by atoms with Crippen LogP contribution >= 0.6 is 0 Å². The Kier molecular flexibility index (Phi) is 3.57. The molecule has 0 radical (unpaired) electrons. The highest BCUT2D eigenvalue weighted by atomic mass is 35.7. The van der Waals surface area contributed by atoms with Crippen LogP contribution in [0, 0.1) is 21.6 Å². The van der Waals surface area contributed by atoms with E-state index in [9.17, 15) is 0 Å². The lowest BCUT2D eigenvalue weighted by Gasteiger charge is -1.81. The molecule has 0 N–H and O–H groups in total. The van der Waals surface area contributed by atoms with Crippen molar-refractivity contribution < 1.29 is 44.0 Å². The van der Waals surface area contributed by atoms with Gasteiger partial charge in [0.2, 0.25) is 0 Å². The first kappa shape index (κ1) is 7.38. The van der Waals surface area contributed by atoms with Crippen LogP contribution in [0.1, 0.15) is 0 Å². The van der Waals surface area contributed by atoms with Gasteiger partial charge in [0.05, 0.1) is 0 Å². The molecule has 0 amide bonds. The summed E-state index contributed by atoms with van der Waals surface area (Å²) in [6, 6.07) is 0. The maximum atomic E-state index is 9.15. The van der Waals surface area contributed by atoms with Crippen LogP contribution in [0.4, 0.5) is 0 Å². The molecule has 7 heavy (non-hydrogen) atoms. The Morgan fingerprint density at radius 2 is 1.14 bits per heavy atom. The Hall–Kier alpha value is 0.380. The molecule has 0 atom stereocenters. The van der Waals surface area contributed by atoms with Gasteiger partial charge in [-0.15, -0.1) is 0 Å². The average Bonchev–Trinajstić information content (AvgIpc) is 1.27. The van der Waals surface area contributed by atoms with E-state index in [1.54, 1.807) is 0 Å². The molecule has 0 rings (SSSR count). The minimum atomic E-state index is -2.68. The van der Waals surface area contributed by atoms with Crippen LogP contribution in [-0.2, 0) is 3.84 Å². The van der Waals surface area contributed by atoms with E-state index in [1.807, 2.05) is 0 Å². The summed E-state index contributed by atoms with van der Waals surface area (Å²) >= 11 is 0. The van der Waals surface area contributed by atoms with Gasteiger partial charge in [0.25, 0.3) is 0 Å². The van der Waals surface area contributed by atoms with Crippen LogP contribution in [0.5, 0.6) is 0 Å². The third kappa shape index (κ3) is 6.38. The summed E-state index contributed by atoms with van der Waals surface area (Å²) < 4.78 is 39.6. The SMILES string of the molecule is [O-][Cl+2]([O-])O[Cl+2]([O-])[O-]. The van der Waals surface area contributed by atoms with E-state index in [0.29, 0.717) is 0 Å². The van der Waals surface area contributed by atoms with Crippen molar-refractivity contribution >= 4 is 0 Å². The Morgan fingerprint density at radius 3 is 1.14 bits per heavy atom. The summed E-state index contributed by atoms with van der Waals surface area (Å²) in [7, 11) is -5.36. The van der Waals surface area contributed by atoms with Crippen molar-refractivity contribution in [2.45, 2.75) is 0 Å². The first-order valence-corrected chi connectivity index (χ1v) is 2.78. The third-order valence-corrected chi connectivity index (χ3v) is 0.857. The Balaban J connectivity index is 2.95. The molecule has 5 nitrogen and oxygen atoms in total. The highest BCUT2D eigenvalue weighted by Gasteiger charge is 2.27. The summed E-state index contributed by atoms with van der Waals surface area (Å²) in [6.45, 7) is 0. The van der Waals surface area contributed by atoms with E-state index in [-0.39, 0.29) is 0 Å². The van der Waals surface area contributed by atoms with E-state index in [1.165, 1.54) is 0 Å². The summed E-state index contributed by atoms with van der Waals surface area (Å²) in [6.07, 6.45) is 0. The average molecular weight is 151 g/mol. The van der Waals surface area contributed by atoms with E-state index in [4.69, 9.17) is 18.6 Å². The van der Waals surface area contributed by atoms with E-state index >= 15 is 0 Å². The second-order valence-corrected chi connectivity index (χ2v) is 1.66. The number of rotatable bonds is 2. The van der Waals surface area contributed by atoms with Gasteiger partial charge in [-0.3, -0.25) is 0 Å². The highest BCUT2D eigenvalue weighted by Crippen LogP contribution is 1.77. The predicted octanol–water partition coefficient (Wildman–Crippen LogP) is -4.82. The molecule has 0 bridgehead atoms. The Morgan fingerprint density at radius 1 is 0.857 bits per heavy atom. The van der Waals surface area contributed by atoms with Gasteiger partial charge in [0.1, 0.15) is 0 Å². The van der Waals surface area contributed by atoms with Crippen molar-refractivity contribution in [3.8, 4) is 0 Å². The molecule has 0 aliphatic carbocycles. The van der Waals surface area contributed by atoms with Gasteiger partial charge < -0.3 is 18.6 Å². The molecular weight excluding hydrogens is 151 g/mol. The minimum Gasteiger partial charge on any atom is -0.311 e. The molecule has 0 aliphatic rings. The second kappa shape index (κ2) is 3.39. The molecule has 0 saturated carbocycles. The van der Waals surface area contributed by atoms with E-state index < -0.39 is 21.6 Å². The Bertz CT molecular complexity index is 35.3. The van der Waals surface area contributed by atoms with Gasteiger partial charge >= 0.3 is 25.4 Å². The van der Waals surface area contributed by atoms with Gasteiger partial charge in [-0.1, -0.05) is 0 Å². The molecule has 0 spiro atoms. The lowest BCUT2D eigenvalue weighted by molar-refractivity contribution is -1.80. The molecule has 0 unspecified atom stereocenters. The zero-order chi connectivity index (χ0) is 5.86. The lowest BCUT2D eigenvalue weighted by Crippen LogP contribution is -2.44. The summed E-state index contributed by atoms with van der Waals surface area (Å²) in [5.74, 6) is 0. The van der Waals surface area contributed by atoms with Crippen molar-refractivity contribution in [1.29, 1.82) is 0 Å². The summed E-state index contributed by atoms with van der Waals surface area (Å²) in [5.41, 5.74) is 0. The number of halogens is 2. The molecule has 44 valence electrons. The fourth-order valence-corrected chi connectivity index (χ4v) is 0.350. The van der Waals surface area contributed by atoms with Crippen LogP contribution in [0.25, 0.3) is 0 Å². The molecule has 7 heteroatoms. The second-order valence-electron chi connectivity index (χ2n) is 0.436. The lowest BCUT2D eigenvalue weighted by atomic mass is 15.8. The van der Waals surface area contributed by atoms with Crippen molar-refractivity contribution in [3.05, 3.63) is 0 Å². The third-order valence-electron chi connectivity index (χ3n) is 0.0952. The van der Waals surface area contributed by atoms with Crippen molar-refractivity contribution in [1.82, 2.24) is 0 Å². The molecule has 0 aliphatic heterocycles. The van der Waals surface area contributed by atoms with Gasteiger partial charge in [0.15, 0.2) is 0 Å². The molecule has 0 heterocycles. The molecule has 0 aromatic heterocycles. The molecule has 0 fully saturated rings. The fourth-order valence-electron chi connectivity index (χ4n) is 0.0389. The topological polar surface area (TPSA) is 101 Å². The van der Waals surface area contributed by atoms with Crippen LogP contribution < -0.4 is 18.6 Å². The summed E-state index contributed by atoms with van der Waals surface area (Å²) in [5, 5.41) is 0. The predicted molar refractivity (Wildman–Crippen MR) is 1.08 cm³/mol. The van der Waals surface area contributed by atoms with Gasteiger partial charge in [0, 0.05) is 0 Å². The molecule has 0 saturated heterocycles. The monoisotopic (exact) mass is 150 g/mol. The van der Waals surface area contributed by atoms with Crippen LogP contribution in [-0.4, -0.2) is 0 Å². The first-order chi connectivity index (χ1) is 3.13. The minimum absolute atomic E-state index is 2.68. The van der Waals surface area contributed by atoms with Crippen LogP contribution in [0.15, 0.2) is 0 Å². The fraction of sp³-hybridized carbons (Fsp3) is 0. The highest BCUT2D eigenvalue weighted by molar-refractivity contribution is 2.38. The van der Waals surface area contributed by atoms with Crippen LogP contribution in [0.3, 0.4) is 0 Å². The first-order valence-electron chi connectivity index (χ1n) is 0.926. The van der Waals surface area contributed by atoms with Crippen LogP contribution in [0.2, 0.25) is 0 Å². The van der Waals surface area contributed by atoms with E-state index in [2.05, 4.69) is 3.84 Å². The van der Waals surface area contributed by atoms with Crippen molar-refractivity contribution in [2.75, 3.05) is 0 Å². The zero-order valence-corrected chi connectivity index (χ0v) is 4.31. The molecule has 0 aromatic carbocycles. The van der Waals surface area contributed by atoms with Gasteiger partial charge in [-0.25, -0.2) is 0 Å². The van der Waals surface area contributed by atoms with Crippen molar-refractivity contribution in [3.63, 3.8) is 0 Å². The van der Waals surface area contributed by atoms with E-state index in [0.717, 1.165) is 0 Å². The van der Waals surface area contributed by atoms with Crippen molar-refractivity contribution in [2.24, 2.45) is 0 Å². The zero-order valence-electron chi connectivity index (χ0n) is 2.80. The largest absolute Gasteiger partial charge is 0.424 e. The van der Waals surface area contributed by atoms with Gasteiger partial charge in [-0.2, -0.15) is 0 Å². The standard InChI is InChI=1S/Cl2O5/c3-1(4)7-2(5)6. The summed E-state index contributed by atoms with van der Waals surface area (Å²) in [4.78, 5) is 0. The quantitative estimate of drug-likeness (QED) is 0.393. The Labute approximate surface area is 44.9 Å².